The molecule has 1 N–H and O–H groups in total. The first-order valence-electron chi connectivity index (χ1n) is 5.68. The molecule has 0 aromatic heterocycles. The molecular formula is C11H24N2. The molecule has 1 atom stereocenters. The van der Waals surface area contributed by atoms with Gasteiger partial charge in [0.15, 0.2) is 0 Å². The topological polar surface area (TPSA) is 15.3 Å². The van der Waals surface area contributed by atoms with Gasteiger partial charge in [0, 0.05) is 32.2 Å². The van der Waals surface area contributed by atoms with Crippen LogP contribution in [0.4, 0.5) is 0 Å². The Morgan fingerprint density at radius 3 is 2.85 bits per heavy atom. The molecule has 2 nitrogen and oxygen atoms in total. The van der Waals surface area contributed by atoms with Crippen molar-refractivity contribution < 1.29 is 0 Å². The highest BCUT2D eigenvalue weighted by molar-refractivity contribution is 4.78. The number of hydrogen-bond donors (Lipinski definition) is 1. The van der Waals surface area contributed by atoms with Gasteiger partial charge < -0.3 is 10.2 Å². The summed E-state index contributed by atoms with van der Waals surface area (Å²) in [6.45, 7) is 11.8. The summed E-state index contributed by atoms with van der Waals surface area (Å²) in [5, 5.41) is 3.58. The molecule has 1 aliphatic heterocycles. The van der Waals surface area contributed by atoms with E-state index < -0.39 is 0 Å². The van der Waals surface area contributed by atoms with E-state index >= 15 is 0 Å². The van der Waals surface area contributed by atoms with Crippen molar-refractivity contribution in [3.8, 4) is 0 Å². The average molecular weight is 184 g/mol. The van der Waals surface area contributed by atoms with E-state index in [2.05, 4.69) is 31.0 Å². The van der Waals surface area contributed by atoms with Crippen LogP contribution in [0, 0.1) is 5.92 Å². The van der Waals surface area contributed by atoms with E-state index in [0.717, 1.165) is 12.0 Å². The van der Waals surface area contributed by atoms with Gasteiger partial charge in [-0.05, 0) is 12.3 Å². The van der Waals surface area contributed by atoms with Crippen LogP contribution in [0.1, 0.15) is 33.6 Å². The summed E-state index contributed by atoms with van der Waals surface area (Å²) in [4.78, 5) is 2.60. The van der Waals surface area contributed by atoms with Gasteiger partial charge in [-0.25, -0.2) is 0 Å². The van der Waals surface area contributed by atoms with Crippen LogP contribution >= 0.6 is 0 Å². The van der Waals surface area contributed by atoms with Gasteiger partial charge in [0.25, 0.3) is 0 Å². The lowest BCUT2D eigenvalue weighted by molar-refractivity contribution is 0.176. The average Bonchev–Trinajstić information content (AvgIpc) is 2.04. The largest absolute Gasteiger partial charge is 0.311 e. The van der Waals surface area contributed by atoms with E-state index in [0.29, 0.717) is 0 Å². The van der Waals surface area contributed by atoms with Gasteiger partial charge in [-0.15, -0.1) is 0 Å². The molecular weight excluding hydrogens is 160 g/mol. The summed E-state index contributed by atoms with van der Waals surface area (Å²) in [6, 6.07) is 0.748. The maximum absolute atomic E-state index is 3.58. The maximum Gasteiger partial charge on any atom is 0.0195 e. The highest BCUT2D eigenvalue weighted by atomic mass is 15.2. The van der Waals surface area contributed by atoms with E-state index in [1.807, 2.05) is 0 Å². The molecule has 0 aromatic carbocycles. The molecule has 0 bridgehead atoms. The van der Waals surface area contributed by atoms with Crippen LogP contribution in [-0.4, -0.2) is 37.1 Å². The first-order valence-corrected chi connectivity index (χ1v) is 5.68. The fraction of sp³-hybridized carbons (Fsp3) is 1.00. The lowest BCUT2D eigenvalue weighted by atomic mass is 10.1. The predicted molar refractivity (Wildman–Crippen MR) is 58.0 cm³/mol. The number of hydrogen-bond acceptors (Lipinski definition) is 2. The highest BCUT2D eigenvalue weighted by Gasteiger charge is 2.18. The van der Waals surface area contributed by atoms with Crippen molar-refractivity contribution in [2.75, 3.05) is 26.2 Å². The second-order valence-corrected chi connectivity index (χ2v) is 4.59. The SMILES string of the molecule is CCCC1CN(CC(C)C)CCN1. The second kappa shape index (κ2) is 5.61. The molecule has 1 aliphatic rings. The molecule has 1 heterocycles. The predicted octanol–water partition coefficient (Wildman–Crippen LogP) is 1.72. The molecule has 1 fully saturated rings. The first-order chi connectivity index (χ1) is 6.22. The van der Waals surface area contributed by atoms with Gasteiger partial charge in [0.2, 0.25) is 0 Å². The normalized spacial score (nSPS) is 25.4. The van der Waals surface area contributed by atoms with Gasteiger partial charge in [0.1, 0.15) is 0 Å². The summed E-state index contributed by atoms with van der Waals surface area (Å²) >= 11 is 0. The van der Waals surface area contributed by atoms with Crippen LogP contribution in [0.2, 0.25) is 0 Å². The van der Waals surface area contributed by atoms with Crippen molar-refractivity contribution in [3.63, 3.8) is 0 Å². The molecule has 13 heavy (non-hydrogen) atoms. The zero-order chi connectivity index (χ0) is 9.68. The molecule has 1 unspecified atom stereocenters. The zero-order valence-corrected chi connectivity index (χ0v) is 9.34. The lowest BCUT2D eigenvalue weighted by Crippen LogP contribution is -2.51. The quantitative estimate of drug-likeness (QED) is 0.715. The van der Waals surface area contributed by atoms with Crippen molar-refractivity contribution in [2.24, 2.45) is 5.92 Å². The number of piperazine rings is 1. The Morgan fingerprint density at radius 2 is 2.23 bits per heavy atom. The minimum Gasteiger partial charge on any atom is -0.311 e. The minimum atomic E-state index is 0.748. The lowest BCUT2D eigenvalue weighted by Gasteiger charge is -2.34. The zero-order valence-electron chi connectivity index (χ0n) is 9.34. The molecule has 1 saturated heterocycles. The molecule has 0 aliphatic carbocycles. The van der Waals surface area contributed by atoms with Crippen LogP contribution in [0.15, 0.2) is 0 Å². The fourth-order valence-corrected chi connectivity index (χ4v) is 2.12. The smallest absolute Gasteiger partial charge is 0.0195 e. The molecule has 0 aromatic rings. The van der Waals surface area contributed by atoms with Crippen molar-refractivity contribution in [1.29, 1.82) is 0 Å². The van der Waals surface area contributed by atoms with Gasteiger partial charge in [-0.1, -0.05) is 27.2 Å². The molecule has 0 spiro atoms. The van der Waals surface area contributed by atoms with Crippen molar-refractivity contribution in [2.45, 2.75) is 39.7 Å². The Bertz CT molecular complexity index is 132. The standard InChI is InChI=1S/C11H24N2/c1-4-5-11-9-13(7-6-12-11)8-10(2)3/h10-12H,4-9H2,1-3H3. The summed E-state index contributed by atoms with van der Waals surface area (Å²) in [5.41, 5.74) is 0. The Labute approximate surface area is 82.7 Å². The number of nitrogens with one attached hydrogen (secondary N) is 1. The van der Waals surface area contributed by atoms with Crippen LogP contribution in [0.25, 0.3) is 0 Å². The Kier molecular flexibility index (Phi) is 4.74. The summed E-state index contributed by atoms with van der Waals surface area (Å²) in [6.07, 6.45) is 2.63. The van der Waals surface area contributed by atoms with Crippen molar-refractivity contribution in [1.82, 2.24) is 10.2 Å². The van der Waals surface area contributed by atoms with Gasteiger partial charge >= 0.3 is 0 Å². The molecule has 0 amide bonds. The van der Waals surface area contributed by atoms with Crippen LogP contribution in [-0.2, 0) is 0 Å². The first kappa shape index (κ1) is 11.0. The van der Waals surface area contributed by atoms with Gasteiger partial charge in [-0.3, -0.25) is 0 Å². The Morgan fingerprint density at radius 1 is 1.46 bits per heavy atom. The van der Waals surface area contributed by atoms with Crippen LogP contribution < -0.4 is 5.32 Å². The van der Waals surface area contributed by atoms with E-state index in [1.54, 1.807) is 0 Å². The molecule has 1 rings (SSSR count). The minimum absolute atomic E-state index is 0.748. The molecule has 0 radical (unpaired) electrons. The van der Waals surface area contributed by atoms with E-state index in [4.69, 9.17) is 0 Å². The highest BCUT2D eigenvalue weighted by Crippen LogP contribution is 2.07. The van der Waals surface area contributed by atoms with Crippen molar-refractivity contribution >= 4 is 0 Å². The Hall–Kier alpha value is -0.0800. The second-order valence-electron chi connectivity index (χ2n) is 4.59. The number of nitrogens with zero attached hydrogens (tertiary/aromatic N) is 1. The van der Waals surface area contributed by atoms with E-state index in [9.17, 15) is 0 Å². The van der Waals surface area contributed by atoms with Gasteiger partial charge in [0.05, 0.1) is 0 Å². The van der Waals surface area contributed by atoms with Crippen LogP contribution in [0.3, 0.4) is 0 Å². The third-order valence-corrected chi connectivity index (χ3v) is 2.60. The summed E-state index contributed by atoms with van der Waals surface area (Å²) < 4.78 is 0. The molecule has 78 valence electrons. The Balaban J connectivity index is 2.24. The third kappa shape index (κ3) is 4.10. The molecule has 0 saturated carbocycles. The van der Waals surface area contributed by atoms with Gasteiger partial charge in [-0.2, -0.15) is 0 Å². The van der Waals surface area contributed by atoms with Crippen LogP contribution in [0.5, 0.6) is 0 Å². The maximum atomic E-state index is 3.58. The monoisotopic (exact) mass is 184 g/mol. The number of rotatable bonds is 4. The summed E-state index contributed by atoms with van der Waals surface area (Å²) in [7, 11) is 0. The van der Waals surface area contributed by atoms with Crippen molar-refractivity contribution in [3.05, 3.63) is 0 Å². The molecule has 2 heteroatoms. The third-order valence-electron chi connectivity index (χ3n) is 2.60. The fourth-order valence-electron chi connectivity index (χ4n) is 2.12. The van der Waals surface area contributed by atoms with E-state index in [-0.39, 0.29) is 0 Å². The van der Waals surface area contributed by atoms with E-state index in [1.165, 1.54) is 39.0 Å². The summed E-state index contributed by atoms with van der Waals surface area (Å²) in [5.74, 6) is 0.806.